The molecular formula is C17H23N3O. The lowest BCUT2D eigenvalue weighted by Gasteiger charge is -2.22. The van der Waals surface area contributed by atoms with Gasteiger partial charge < -0.3 is 16.8 Å². The molecule has 0 bridgehead atoms. The molecule has 2 atom stereocenters. The van der Waals surface area contributed by atoms with Gasteiger partial charge in [-0.15, -0.1) is 0 Å². The van der Waals surface area contributed by atoms with Crippen LogP contribution < -0.4 is 16.8 Å². The molecule has 0 heterocycles. The summed E-state index contributed by atoms with van der Waals surface area (Å²) in [5.41, 5.74) is 12.7. The topological polar surface area (TPSA) is 81.1 Å². The fourth-order valence-electron chi connectivity index (χ4n) is 2.27. The molecule has 0 aromatic heterocycles. The number of hydrogen-bond acceptors (Lipinski definition) is 3. The average molecular weight is 285 g/mol. The van der Waals surface area contributed by atoms with E-state index in [9.17, 15) is 4.79 Å². The van der Waals surface area contributed by atoms with Crippen LogP contribution in [0.4, 0.5) is 0 Å². The lowest BCUT2D eigenvalue weighted by Crippen LogP contribution is -2.46. The summed E-state index contributed by atoms with van der Waals surface area (Å²) in [6.07, 6.45) is 0. The summed E-state index contributed by atoms with van der Waals surface area (Å²) in [6, 6.07) is 13.5. The second-order valence-corrected chi connectivity index (χ2v) is 5.67. The van der Waals surface area contributed by atoms with Crippen molar-refractivity contribution in [1.29, 1.82) is 0 Å². The van der Waals surface area contributed by atoms with E-state index < -0.39 is 6.04 Å². The first-order valence-electron chi connectivity index (χ1n) is 7.27. The SMILES string of the molecule is CC(C)[C@H](N)C(=O)NC(CN)c1ccc2ccccc2c1. The van der Waals surface area contributed by atoms with Crippen molar-refractivity contribution in [3.8, 4) is 0 Å². The fraction of sp³-hybridized carbons (Fsp3) is 0.353. The van der Waals surface area contributed by atoms with E-state index in [0.717, 1.165) is 10.9 Å². The summed E-state index contributed by atoms with van der Waals surface area (Å²) in [6.45, 7) is 4.20. The molecule has 4 heteroatoms. The predicted molar refractivity (Wildman–Crippen MR) is 86.7 cm³/mol. The van der Waals surface area contributed by atoms with E-state index in [1.807, 2.05) is 44.2 Å². The molecule has 21 heavy (non-hydrogen) atoms. The van der Waals surface area contributed by atoms with Crippen LogP contribution in [0.1, 0.15) is 25.5 Å². The molecule has 2 aromatic carbocycles. The van der Waals surface area contributed by atoms with Gasteiger partial charge in [0.25, 0.3) is 0 Å². The number of nitrogens with one attached hydrogen (secondary N) is 1. The lowest BCUT2D eigenvalue weighted by atomic mass is 10.00. The molecule has 2 aromatic rings. The molecule has 112 valence electrons. The van der Waals surface area contributed by atoms with E-state index in [1.165, 1.54) is 5.39 Å². The zero-order chi connectivity index (χ0) is 15.4. The number of fused-ring (bicyclic) bond motifs is 1. The van der Waals surface area contributed by atoms with Crippen LogP contribution in [0, 0.1) is 5.92 Å². The number of hydrogen-bond donors (Lipinski definition) is 3. The number of carbonyl (C=O) groups excluding carboxylic acids is 1. The summed E-state index contributed by atoms with van der Waals surface area (Å²) in [5.74, 6) is -0.0614. The molecule has 0 aliphatic rings. The third kappa shape index (κ3) is 3.60. The molecule has 0 spiro atoms. The van der Waals surface area contributed by atoms with Crippen molar-refractivity contribution < 1.29 is 4.79 Å². The van der Waals surface area contributed by atoms with E-state index in [0.29, 0.717) is 6.54 Å². The van der Waals surface area contributed by atoms with Gasteiger partial charge in [0.1, 0.15) is 0 Å². The van der Waals surface area contributed by atoms with Gasteiger partial charge >= 0.3 is 0 Å². The number of benzene rings is 2. The quantitative estimate of drug-likeness (QED) is 0.785. The minimum atomic E-state index is -0.514. The van der Waals surface area contributed by atoms with E-state index in [-0.39, 0.29) is 17.9 Å². The second kappa shape index (κ2) is 6.70. The van der Waals surface area contributed by atoms with E-state index >= 15 is 0 Å². The maximum atomic E-state index is 12.1. The standard InChI is InChI=1S/C17H23N3O/c1-11(2)16(19)17(21)20-15(10-18)14-8-7-12-5-3-4-6-13(12)9-14/h3-9,11,15-16H,10,18-19H2,1-2H3,(H,20,21)/t15?,16-/m0/s1. The molecule has 0 aliphatic heterocycles. The van der Waals surface area contributed by atoms with Crippen molar-refractivity contribution in [2.75, 3.05) is 6.54 Å². The predicted octanol–water partition coefficient (Wildman–Crippen LogP) is 1.94. The van der Waals surface area contributed by atoms with Crippen LogP contribution in [-0.2, 0) is 4.79 Å². The molecule has 1 amide bonds. The Labute approximate surface area is 125 Å². The highest BCUT2D eigenvalue weighted by atomic mass is 16.2. The molecule has 0 fully saturated rings. The minimum absolute atomic E-state index is 0.0972. The zero-order valence-corrected chi connectivity index (χ0v) is 12.5. The van der Waals surface area contributed by atoms with Gasteiger partial charge in [0.05, 0.1) is 12.1 Å². The molecule has 5 N–H and O–H groups in total. The van der Waals surface area contributed by atoms with Gasteiger partial charge in [-0.05, 0) is 28.3 Å². The van der Waals surface area contributed by atoms with Gasteiger partial charge in [0.15, 0.2) is 0 Å². The molecule has 0 radical (unpaired) electrons. The molecular weight excluding hydrogens is 262 g/mol. The molecule has 1 unspecified atom stereocenters. The minimum Gasteiger partial charge on any atom is -0.347 e. The first-order chi connectivity index (χ1) is 10.0. The highest BCUT2D eigenvalue weighted by Crippen LogP contribution is 2.20. The largest absolute Gasteiger partial charge is 0.347 e. The van der Waals surface area contributed by atoms with Gasteiger partial charge in [0.2, 0.25) is 5.91 Å². The van der Waals surface area contributed by atoms with Crippen molar-refractivity contribution >= 4 is 16.7 Å². The smallest absolute Gasteiger partial charge is 0.237 e. The van der Waals surface area contributed by atoms with E-state index in [2.05, 4.69) is 17.4 Å². The normalized spacial score (nSPS) is 14.1. The van der Waals surface area contributed by atoms with Crippen LogP contribution in [-0.4, -0.2) is 18.5 Å². The summed E-state index contributed by atoms with van der Waals surface area (Å²) in [5, 5.41) is 5.24. The molecule has 4 nitrogen and oxygen atoms in total. The van der Waals surface area contributed by atoms with Gasteiger partial charge in [-0.1, -0.05) is 50.2 Å². The van der Waals surface area contributed by atoms with Gasteiger partial charge in [-0.3, -0.25) is 4.79 Å². The second-order valence-electron chi connectivity index (χ2n) is 5.67. The Morgan fingerprint density at radius 2 is 1.81 bits per heavy atom. The number of rotatable bonds is 5. The third-order valence-electron chi connectivity index (χ3n) is 3.75. The van der Waals surface area contributed by atoms with Crippen molar-refractivity contribution in [3.63, 3.8) is 0 Å². The monoisotopic (exact) mass is 285 g/mol. The molecule has 0 aliphatic carbocycles. The van der Waals surface area contributed by atoms with Crippen LogP contribution in [0.2, 0.25) is 0 Å². The Bertz CT molecular complexity index is 624. The third-order valence-corrected chi connectivity index (χ3v) is 3.75. The van der Waals surface area contributed by atoms with Crippen LogP contribution in [0.25, 0.3) is 10.8 Å². The highest BCUT2D eigenvalue weighted by Gasteiger charge is 2.21. The first kappa shape index (κ1) is 15.5. The number of amides is 1. The van der Waals surface area contributed by atoms with Crippen LogP contribution in [0.15, 0.2) is 42.5 Å². The van der Waals surface area contributed by atoms with Gasteiger partial charge in [-0.2, -0.15) is 0 Å². The van der Waals surface area contributed by atoms with Crippen molar-refractivity contribution in [1.82, 2.24) is 5.32 Å². The van der Waals surface area contributed by atoms with Crippen LogP contribution in [0.5, 0.6) is 0 Å². The number of carbonyl (C=O) groups is 1. The van der Waals surface area contributed by atoms with Gasteiger partial charge in [-0.25, -0.2) is 0 Å². The zero-order valence-electron chi connectivity index (χ0n) is 12.5. The van der Waals surface area contributed by atoms with E-state index in [1.54, 1.807) is 0 Å². The average Bonchev–Trinajstić information content (AvgIpc) is 2.51. The highest BCUT2D eigenvalue weighted by molar-refractivity contribution is 5.84. The van der Waals surface area contributed by atoms with Crippen molar-refractivity contribution in [3.05, 3.63) is 48.0 Å². The Balaban J connectivity index is 2.21. The maximum Gasteiger partial charge on any atom is 0.237 e. The summed E-state index contributed by atoms with van der Waals surface area (Å²) in [4.78, 5) is 12.1. The first-order valence-corrected chi connectivity index (χ1v) is 7.27. The Hall–Kier alpha value is -1.91. The Morgan fingerprint density at radius 1 is 1.14 bits per heavy atom. The van der Waals surface area contributed by atoms with Crippen LogP contribution >= 0.6 is 0 Å². The Morgan fingerprint density at radius 3 is 2.43 bits per heavy atom. The van der Waals surface area contributed by atoms with Crippen molar-refractivity contribution in [2.45, 2.75) is 25.9 Å². The van der Waals surface area contributed by atoms with E-state index in [4.69, 9.17) is 11.5 Å². The fourth-order valence-corrected chi connectivity index (χ4v) is 2.27. The summed E-state index contributed by atoms with van der Waals surface area (Å²) < 4.78 is 0. The van der Waals surface area contributed by atoms with Gasteiger partial charge in [0, 0.05) is 6.54 Å². The number of nitrogens with two attached hydrogens (primary N) is 2. The molecule has 2 rings (SSSR count). The lowest BCUT2D eigenvalue weighted by molar-refractivity contribution is -0.123. The van der Waals surface area contributed by atoms with Crippen molar-refractivity contribution in [2.24, 2.45) is 17.4 Å². The summed E-state index contributed by atoms with van der Waals surface area (Å²) >= 11 is 0. The van der Waals surface area contributed by atoms with Crippen LogP contribution in [0.3, 0.4) is 0 Å². The molecule has 0 saturated heterocycles. The maximum absolute atomic E-state index is 12.1. The Kier molecular flexibility index (Phi) is 4.94. The summed E-state index contributed by atoms with van der Waals surface area (Å²) in [7, 11) is 0. The molecule has 0 saturated carbocycles.